The molecule has 0 aromatic carbocycles. The largest absolute Gasteiger partial charge is 0.359 e. The molecule has 140 valence electrons. The molecule has 0 saturated carbocycles. The van der Waals surface area contributed by atoms with Gasteiger partial charge in [-0.3, -0.25) is 4.21 Å². The molecule has 0 saturated heterocycles. The van der Waals surface area contributed by atoms with Crippen LogP contribution in [-0.2, 0) is 17.3 Å². The molecule has 2 N–H and O–H groups in total. The van der Waals surface area contributed by atoms with Crippen molar-refractivity contribution >= 4 is 40.7 Å². The van der Waals surface area contributed by atoms with Gasteiger partial charge in [0.15, 0.2) is 11.7 Å². The van der Waals surface area contributed by atoms with Crippen LogP contribution in [0, 0.1) is 0 Å². The predicted molar refractivity (Wildman–Crippen MR) is 112 cm³/mol. The van der Waals surface area contributed by atoms with Crippen LogP contribution in [0.25, 0.3) is 0 Å². The van der Waals surface area contributed by atoms with Gasteiger partial charge in [0.05, 0.1) is 5.69 Å². The molecule has 1 rings (SSSR count). The topological polar surface area (TPSA) is 79.5 Å². The third-order valence-corrected chi connectivity index (χ3v) is 5.11. The number of guanidine groups is 1. The summed E-state index contributed by atoms with van der Waals surface area (Å²) in [4.78, 5) is 4.48. The first-order valence-electron chi connectivity index (χ1n) is 8.10. The van der Waals surface area contributed by atoms with E-state index in [0.717, 1.165) is 18.0 Å². The van der Waals surface area contributed by atoms with E-state index in [4.69, 9.17) is 4.52 Å². The number of nitrogens with one attached hydrogen (secondary N) is 2. The van der Waals surface area contributed by atoms with E-state index < -0.39 is 10.8 Å². The molecule has 24 heavy (non-hydrogen) atoms. The molecule has 8 heteroatoms. The Balaban J connectivity index is 0.00000529. The first-order chi connectivity index (χ1) is 10.7. The van der Waals surface area contributed by atoms with Crippen molar-refractivity contribution in [2.24, 2.45) is 4.99 Å². The average Bonchev–Trinajstić information content (AvgIpc) is 2.92. The van der Waals surface area contributed by atoms with Crippen molar-refractivity contribution in [3.8, 4) is 0 Å². The second-order valence-electron chi connectivity index (χ2n) is 6.66. The van der Waals surface area contributed by atoms with Gasteiger partial charge in [0.25, 0.3) is 0 Å². The number of aromatic nitrogens is 1. The number of halogens is 1. The lowest BCUT2D eigenvalue weighted by Crippen LogP contribution is -2.40. The van der Waals surface area contributed by atoms with Gasteiger partial charge < -0.3 is 15.2 Å². The predicted octanol–water partition coefficient (Wildman–Crippen LogP) is 3.02. The number of nitrogens with zero attached hydrogens (tertiary/aromatic N) is 2. The fraction of sp³-hybridized carbons (Fsp3) is 0.750. The molecular weight excluding hydrogens is 439 g/mol. The fourth-order valence-corrected chi connectivity index (χ4v) is 2.64. The lowest BCUT2D eigenvalue weighted by molar-refractivity contribution is 0.376. The standard InChI is InChI=1S/C16H30N4O2S.HI/c1-7-17-15(18-8-9-23(21)16(4,5)6)19-11-13-10-14(12(2)3)20-22-13;/h10,12H,7-9,11H2,1-6H3,(H2,17,18,19);1H. The Labute approximate surface area is 165 Å². The Kier molecular flexibility index (Phi) is 10.8. The Morgan fingerprint density at radius 1 is 1.38 bits per heavy atom. The molecule has 1 aromatic rings. The molecule has 0 amide bonds. The second kappa shape index (κ2) is 11.1. The van der Waals surface area contributed by atoms with E-state index in [9.17, 15) is 4.21 Å². The molecule has 1 atom stereocenters. The van der Waals surface area contributed by atoms with Gasteiger partial charge in [0, 0.05) is 40.5 Å². The van der Waals surface area contributed by atoms with Crippen LogP contribution in [0.15, 0.2) is 15.6 Å². The highest BCUT2D eigenvalue weighted by Crippen LogP contribution is 2.14. The minimum Gasteiger partial charge on any atom is -0.359 e. The SMILES string of the molecule is CCNC(=NCc1cc(C(C)C)no1)NCCS(=O)C(C)(C)C.I. The zero-order valence-corrected chi connectivity index (χ0v) is 18.7. The highest BCUT2D eigenvalue weighted by atomic mass is 127. The van der Waals surface area contributed by atoms with Crippen LogP contribution in [0.3, 0.4) is 0 Å². The lowest BCUT2D eigenvalue weighted by atomic mass is 10.1. The van der Waals surface area contributed by atoms with Gasteiger partial charge >= 0.3 is 0 Å². The van der Waals surface area contributed by atoms with Crippen molar-refractivity contribution in [2.45, 2.75) is 58.8 Å². The smallest absolute Gasteiger partial charge is 0.191 e. The quantitative estimate of drug-likeness (QED) is 0.364. The van der Waals surface area contributed by atoms with E-state index in [0.29, 0.717) is 30.7 Å². The summed E-state index contributed by atoms with van der Waals surface area (Å²) < 4.78 is 17.1. The van der Waals surface area contributed by atoms with Crippen molar-refractivity contribution in [3.63, 3.8) is 0 Å². The molecule has 6 nitrogen and oxygen atoms in total. The molecule has 0 aliphatic heterocycles. The Morgan fingerprint density at radius 2 is 2.04 bits per heavy atom. The summed E-state index contributed by atoms with van der Waals surface area (Å²) in [7, 11) is -0.873. The molecule has 0 fully saturated rings. The van der Waals surface area contributed by atoms with Gasteiger partial charge in [0.2, 0.25) is 0 Å². The average molecular weight is 470 g/mol. The number of hydrogen-bond donors (Lipinski definition) is 2. The van der Waals surface area contributed by atoms with Crippen LogP contribution in [0.5, 0.6) is 0 Å². The maximum Gasteiger partial charge on any atom is 0.191 e. The molecule has 0 spiro atoms. The van der Waals surface area contributed by atoms with E-state index in [1.807, 2.05) is 33.8 Å². The Bertz CT molecular complexity index is 538. The fourth-order valence-electron chi connectivity index (χ4n) is 1.74. The third kappa shape index (κ3) is 8.46. The van der Waals surface area contributed by atoms with Gasteiger partial charge in [-0.2, -0.15) is 0 Å². The summed E-state index contributed by atoms with van der Waals surface area (Å²) in [5.74, 6) is 2.37. The summed E-state index contributed by atoms with van der Waals surface area (Å²) in [6.07, 6.45) is 0. The maximum atomic E-state index is 12.0. The summed E-state index contributed by atoms with van der Waals surface area (Å²) in [5, 5.41) is 10.4. The molecule has 1 aromatic heterocycles. The molecule has 0 bridgehead atoms. The van der Waals surface area contributed by atoms with E-state index in [1.54, 1.807) is 0 Å². The highest BCUT2D eigenvalue weighted by Gasteiger charge is 2.18. The van der Waals surface area contributed by atoms with E-state index in [1.165, 1.54) is 0 Å². The van der Waals surface area contributed by atoms with Crippen molar-refractivity contribution in [3.05, 3.63) is 17.5 Å². The van der Waals surface area contributed by atoms with Crippen LogP contribution >= 0.6 is 24.0 Å². The maximum absolute atomic E-state index is 12.0. The lowest BCUT2D eigenvalue weighted by Gasteiger charge is -2.18. The summed E-state index contributed by atoms with van der Waals surface area (Å²) >= 11 is 0. The highest BCUT2D eigenvalue weighted by molar-refractivity contribution is 14.0. The van der Waals surface area contributed by atoms with Crippen molar-refractivity contribution < 1.29 is 8.73 Å². The zero-order valence-electron chi connectivity index (χ0n) is 15.5. The third-order valence-electron chi connectivity index (χ3n) is 3.17. The van der Waals surface area contributed by atoms with Gasteiger partial charge in [-0.05, 0) is 33.6 Å². The Hall–Kier alpha value is -0.640. The molecule has 0 aliphatic rings. The normalized spacial score (nSPS) is 13.5. The summed E-state index contributed by atoms with van der Waals surface area (Å²) in [6.45, 7) is 13.9. The van der Waals surface area contributed by atoms with Crippen LogP contribution < -0.4 is 10.6 Å². The summed E-state index contributed by atoms with van der Waals surface area (Å²) in [5.41, 5.74) is 0.939. The van der Waals surface area contributed by atoms with Crippen molar-refractivity contribution in [1.82, 2.24) is 15.8 Å². The van der Waals surface area contributed by atoms with Crippen LogP contribution in [0.4, 0.5) is 0 Å². The minimum atomic E-state index is -0.873. The first-order valence-corrected chi connectivity index (χ1v) is 9.42. The van der Waals surface area contributed by atoms with E-state index >= 15 is 0 Å². The number of aliphatic imine (C=N–C) groups is 1. The van der Waals surface area contributed by atoms with Gasteiger partial charge in [-0.1, -0.05) is 19.0 Å². The van der Waals surface area contributed by atoms with Crippen LogP contribution in [0.2, 0.25) is 0 Å². The number of hydrogen-bond acceptors (Lipinski definition) is 4. The molecular formula is C16H31IN4O2S. The van der Waals surface area contributed by atoms with Gasteiger partial charge in [0.1, 0.15) is 6.54 Å². The van der Waals surface area contributed by atoms with Crippen LogP contribution in [-0.4, -0.2) is 38.9 Å². The molecule has 0 radical (unpaired) electrons. The Morgan fingerprint density at radius 3 is 2.54 bits per heavy atom. The molecule has 1 heterocycles. The first kappa shape index (κ1) is 23.4. The monoisotopic (exact) mass is 470 g/mol. The van der Waals surface area contributed by atoms with Gasteiger partial charge in [-0.15, -0.1) is 24.0 Å². The van der Waals surface area contributed by atoms with Crippen molar-refractivity contribution in [1.29, 1.82) is 0 Å². The minimum absolute atomic E-state index is 0. The summed E-state index contributed by atoms with van der Waals surface area (Å²) in [6, 6.07) is 1.94. The van der Waals surface area contributed by atoms with Gasteiger partial charge in [-0.25, -0.2) is 4.99 Å². The van der Waals surface area contributed by atoms with E-state index in [2.05, 4.69) is 34.6 Å². The van der Waals surface area contributed by atoms with Crippen LogP contribution in [0.1, 0.15) is 58.9 Å². The number of rotatable bonds is 7. The molecule has 1 unspecified atom stereocenters. The molecule has 0 aliphatic carbocycles. The second-order valence-corrected chi connectivity index (χ2v) is 8.98. The van der Waals surface area contributed by atoms with Crippen molar-refractivity contribution in [2.75, 3.05) is 18.8 Å². The zero-order chi connectivity index (χ0) is 17.5. The van der Waals surface area contributed by atoms with E-state index in [-0.39, 0.29) is 28.7 Å².